The molecule has 1 aliphatic rings. The lowest BCUT2D eigenvalue weighted by molar-refractivity contribution is 0.263. The van der Waals surface area contributed by atoms with Crippen LogP contribution in [0.15, 0.2) is 22.9 Å². The maximum atomic E-state index is 5.33. The normalized spacial score (nSPS) is 15.7. The fourth-order valence-electron chi connectivity index (χ4n) is 2.63. The first-order chi connectivity index (χ1) is 10.8. The Kier molecular flexibility index (Phi) is 4.35. The number of terminal acetylenes is 1. The van der Waals surface area contributed by atoms with Crippen molar-refractivity contribution in [3.05, 3.63) is 24.2 Å². The van der Waals surface area contributed by atoms with E-state index in [4.69, 9.17) is 10.9 Å². The third kappa shape index (κ3) is 3.10. The fraction of sp³-hybridized carbons (Fsp3) is 0.438. The van der Waals surface area contributed by atoms with E-state index >= 15 is 0 Å². The first-order valence-corrected chi connectivity index (χ1v) is 7.44. The molecule has 0 saturated carbocycles. The van der Waals surface area contributed by atoms with Crippen molar-refractivity contribution in [1.82, 2.24) is 20.0 Å². The average Bonchev–Trinajstić information content (AvgIpc) is 3.00. The molecule has 6 nitrogen and oxygen atoms in total. The number of aryl methyl sites for hydroxylation is 1. The molecule has 3 heterocycles. The Bertz CT molecular complexity index is 667. The smallest absolute Gasteiger partial charge is 0.261 e. The number of hydrogen-bond donors (Lipinski definition) is 0. The van der Waals surface area contributed by atoms with Crippen molar-refractivity contribution in [2.24, 2.45) is 0 Å². The molecule has 0 atom stereocenters. The second kappa shape index (κ2) is 6.58. The van der Waals surface area contributed by atoms with Crippen molar-refractivity contribution < 1.29 is 4.52 Å². The maximum absolute atomic E-state index is 5.33. The summed E-state index contributed by atoms with van der Waals surface area (Å²) < 4.78 is 5.30. The van der Waals surface area contributed by atoms with E-state index in [1.54, 1.807) is 6.20 Å². The summed E-state index contributed by atoms with van der Waals surface area (Å²) in [5.41, 5.74) is 0.889. The van der Waals surface area contributed by atoms with Gasteiger partial charge in [0.1, 0.15) is 5.82 Å². The van der Waals surface area contributed by atoms with Crippen molar-refractivity contribution in [2.45, 2.75) is 13.3 Å². The largest absolute Gasteiger partial charge is 0.353 e. The van der Waals surface area contributed by atoms with Gasteiger partial charge in [-0.2, -0.15) is 4.98 Å². The van der Waals surface area contributed by atoms with Crippen LogP contribution in [0.2, 0.25) is 0 Å². The molecule has 2 aromatic heterocycles. The van der Waals surface area contributed by atoms with Crippen LogP contribution in [0.3, 0.4) is 0 Å². The van der Waals surface area contributed by atoms with Gasteiger partial charge in [0.05, 0.1) is 5.56 Å². The van der Waals surface area contributed by atoms with Crippen molar-refractivity contribution in [1.29, 1.82) is 0 Å². The molecule has 0 radical (unpaired) electrons. The Morgan fingerprint density at radius 2 is 2.14 bits per heavy atom. The standard InChI is InChI=1S/C16H19N5O/c1-3-4-8-20-9-11-21(12-10-20)15-14(6-5-7-17-15)16-18-13(2)19-22-16/h1,5-7H,4,8-12H2,2H3. The molecule has 1 fully saturated rings. The van der Waals surface area contributed by atoms with E-state index in [0.717, 1.165) is 50.5 Å². The number of pyridine rings is 1. The predicted molar refractivity (Wildman–Crippen MR) is 84.4 cm³/mol. The Labute approximate surface area is 130 Å². The second-order valence-corrected chi connectivity index (χ2v) is 5.30. The fourth-order valence-corrected chi connectivity index (χ4v) is 2.63. The van der Waals surface area contributed by atoms with Crippen LogP contribution in [-0.2, 0) is 0 Å². The minimum Gasteiger partial charge on any atom is -0.353 e. The molecule has 0 spiro atoms. The summed E-state index contributed by atoms with van der Waals surface area (Å²) in [7, 11) is 0. The van der Waals surface area contributed by atoms with E-state index < -0.39 is 0 Å². The molecule has 0 N–H and O–H groups in total. The quantitative estimate of drug-likeness (QED) is 0.799. The summed E-state index contributed by atoms with van der Waals surface area (Å²) >= 11 is 0. The number of hydrogen-bond acceptors (Lipinski definition) is 6. The van der Waals surface area contributed by atoms with E-state index in [9.17, 15) is 0 Å². The second-order valence-electron chi connectivity index (χ2n) is 5.30. The molecular formula is C16H19N5O. The molecule has 6 heteroatoms. The number of rotatable bonds is 4. The minimum absolute atomic E-state index is 0.523. The van der Waals surface area contributed by atoms with E-state index in [1.165, 1.54) is 0 Å². The number of aromatic nitrogens is 3. The van der Waals surface area contributed by atoms with E-state index in [0.29, 0.717) is 11.7 Å². The molecule has 114 valence electrons. The molecule has 22 heavy (non-hydrogen) atoms. The van der Waals surface area contributed by atoms with Gasteiger partial charge in [-0.25, -0.2) is 4.98 Å². The zero-order chi connectivity index (χ0) is 15.4. The average molecular weight is 297 g/mol. The summed E-state index contributed by atoms with van der Waals surface area (Å²) in [5, 5.41) is 3.87. The lowest BCUT2D eigenvalue weighted by Crippen LogP contribution is -2.47. The Morgan fingerprint density at radius 1 is 1.32 bits per heavy atom. The van der Waals surface area contributed by atoms with Gasteiger partial charge in [-0.1, -0.05) is 5.16 Å². The van der Waals surface area contributed by atoms with E-state index in [-0.39, 0.29) is 0 Å². The molecular weight excluding hydrogens is 278 g/mol. The van der Waals surface area contributed by atoms with Crippen molar-refractivity contribution in [3.8, 4) is 23.8 Å². The summed E-state index contributed by atoms with van der Waals surface area (Å²) in [6, 6.07) is 3.86. The van der Waals surface area contributed by atoms with Crippen LogP contribution < -0.4 is 4.90 Å². The molecule has 1 aliphatic heterocycles. The van der Waals surface area contributed by atoms with Gasteiger partial charge in [0.2, 0.25) is 0 Å². The molecule has 0 aromatic carbocycles. The number of anilines is 1. The highest BCUT2D eigenvalue weighted by Crippen LogP contribution is 2.28. The minimum atomic E-state index is 0.523. The summed E-state index contributed by atoms with van der Waals surface area (Å²) in [6.45, 7) is 6.58. The number of nitrogens with zero attached hydrogens (tertiary/aromatic N) is 5. The molecule has 2 aromatic rings. The van der Waals surface area contributed by atoms with Gasteiger partial charge in [0.15, 0.2) is 5.82 Å². The lowest BCUT2D eigenvalue weighted by atomic mass is 10.2. The van der Waals surface area contributed by atoms with Crippen LogP contribution in [0, 0.1) is 19.3 Å². The van der Waals surface area contributed by atoms with Crippen LogP contribution in [-0.4, -0.2) is 52.7 Å². The van der Waals surface area contributed by atoms with Gasteiger partial charge in [-0.15, -0.1) is 12.3 Å². The van der Waals surface area contributed by atoms with E-state index in [1.807, 2.05) is 19.1 Å². The van der Waals surface area contributed by atoms with Crippen LogP contribution in [0.5, 0.6) is 0 Å². The van der Waals surface area contributed by atoms with E-state index in [2.05, 4.69) is 30.8 Å². The van der Waals surface area contributed by atoms with Gasteiger partial charge in [-0.05, 0) is 19.1 Å². The van der Waals surface area contributed by atoms with Gasteiger partial charge >= 0.3 is 0 Å². The van der Waals surface area contributed by atoms with Gasteiger partial charge < -0.3 is 9.42 Å². The van der Waals surface area contributed by atoms with Crippen LogP contribution in [0.1, 0.15) is 12.2 Å². The van der Waals surface area contributed by atoms with Gasteiger partial charge in [0.25, 0.3) is 5.89 Å². The predicted octanol–water partition coefficient (Wildman–Crippen LogP) is 1.59. The topological polar surface area (TPSA) is 58.3 Å². The molecule has 0 unspecified atom stereocenters. The monoisotopic (exact) mass is 297 g/mol. The highest BCUT2D eigenvalue weighted by molar-refractivity contribution is 5.69. The molecule has 0 amide bonds. The van der Waals surface area contributed by atoms with Gasteiger partial charge in [0, 0.05) is 45.3 Å². The third-order valence-corrected chi connectivity index (χ3v) is 3.79. The summed E-state index contributed by atoms with van der Waals surface area (Å²) in [6.07, 6.45) is 7.93. The highest BCUT2D eigenvalue weighted by atomic mass is 16.5. The van der Waals surface area contributed by atoms with Crippen molar-refractivity contribution >= 4 is 5.82 Å². The summed E-state index contributed by atoms with van der Waals surface area (Å²) in [4.78, 5) is 13.5. The zero-order valence-electron chi connectivity index (χ0n) is 12.7. The Hall–Kier alpha value is -2.39. The molecule has 3 rings (SSSR count). The lowest BCUT2D eigenvalue weighted by Gasteiger charge is -2.35. The third-order valence-electron chi connectivity index (χ3n) is 3.79. The van der Waals surface area contributed by atoms with Crippen molar-refractivity contribution in [3.63, 3.8) is 0 Å². The summed E-state index contributed by atoms with van der Waals surface area (Å²) in [5.74, 6) is 4.75. The van der Waals surface area contributed by atoms with Gasteiger partial charge in [-0.3, -0.25) is 4.90 Å². The first kappa shape index (κ1) is 14.5. The van der Waals surface area contributed by atoms with Crippen molar-refractivity contribution in [2.75, 3.05) is 37.6 Å². The van der Waals surface area contributed by atoms with Crippen LogP contribution in [0.4, 0.5) is 5.82 Å². The molecule has 1 saturated heterocycles. The van der Waals surface area contributed by atoms with Crippen LogP contribution in [0.25, 0.3) is 11.5 Å². The zero-order valence-corrected chi connectivity index (χ0v) is 12.7. The maximum Gasteiger partial charge on any atom is 0.261 e. The Morgan fingerprint density at radius 3 is 2.82 bits per heavy atom. The molecule has 0 aliphatic carbocycles. The SMILES string of the molecule is C#CCCN1CCN(c2ncccc2-c2nc(C)no2)CC1. The first-order valence-electron chi connectivity index (χ1n) is 7.44. The number of piperazine rings is 1. The Balaban J connectivity index is 1.75. The highest BCUT2D eigenvalue weighted by Gasteiger charge is 2.22. The molecule has 0 bridgehead atoms. The van der Waals surface area contributed by atoms with Crippen LogP contribution >= 0.6 is 0 Å².